The third-order valence-corrected chi connectivity index (χ3v) is 5.02. The Morgan fingerprint density at radius 3 is 2.94 bits per heavy atom. The molecule has 5 nitrogen and oxygen atoms in total. The lowest BCUT2D eigenvalue weighted by Gasteiger charge is -2.22. The van der Waals surface area contributed by atoms with Crippen molar-refractivity contribution < 1.29 is 5.11 Å². The van der Waals surface area contributed by atoms with Crippen LogP contribution in [-0.2, 0) is 0 Å². The summed E-state index contributed by atoms with van der Waals surface area (Å²) in [5.41, 5.74) is 5.88. The van der Waals surface area contributed by atoms with Gasteiger partial charge in [-0.25, -0.2) is 0 Å². The fourth-order valence-corrected chi connectivity index (χ4v) is 3.96. The molecule has 1 aromatic rings. The standard InChI is InChI=1S/C11H20N4OS2/c1-17-9-10(12)13-18-11(9)15-4-2-3-14(5-6-15)7-8-16/h16H,2-8H2,1H3,(H2,12,13). The SMILES string of the molecule is CSc1c(N)nsc1N1CCCN(CCO)CC1. The lowest BCUT2D eigenvalue weighted by molar-refractivity contribution is 0.204. The van der Waals surface area contributed by atoms with Crippen molar-refractivity contribution in [2.24, 2.45) is 0 Å². The highest BCUT2D eigenvalue weighted by atomic mass is 32.2. The molecule has 2 rings (SSSR count). The Morgan fingerprint density at radius 1 is 1.39 bits per heavy atom. The zero-order chi connectivity index (χ0) is 13.0. The van der Waals surface area contributed by atoms with Crippen LogP contribution in [0.5, 0.6) is 0 Å². The number of nitrogens with two attached hydrogens (primary N) is 1. The molecule has 0 bridgehead atoms. The van der Waals surface area contributed by atoms with E-state index in [2.05, 4.69) is 14.2 Å². The van der Waals surface area contributed by atoms with Gasteiger partial charge < -0.3 is 15.7 Å². The van der Waals surface area contributed by atoms with Crippen molar-refractivity contribution in [1.29, 1.82) is 0 Å². The zero-order valence-corrected chi connectivity index (χ0v) is 12.3. The minimum Gasteiger partial charge on any atom is -0.395 e. The van der Waals surface area contributed by atoms with E-state index in [4.69, 9.17) is 10.8 Å². The molecule has 0 radical (unpaired) electrons. The Balaban J connectivity index is 2.05. The van der Waals surface area contributed by atoms with Crippen LogP contribution in [0.15, 0.2) is 4.90 Å². The van der Waals surface area contributed by atoms with Gasteiger partial charge in [-0.05, 0) is 30.8 Å². The van der Waals surface area contributed by atoms with E-state index in [9.17, 15) is 0 Å². The number of nitrogen functional groups attached to an aromatic ring is 1. The molecule has 1 aliphatic rings. The number of anilines is 2. The predicted octanol–water partition coefficient (Wildman–Crippen LogP) is 0.952. The third-order valence-electron chi connectivity index (χ3n) is 3.15. The summed E-state index contributed by atoms with van der Waals surface area (Å²) in [5, 5.41) is 10.2. The Kier molecular flexibility index (Phi) is 5.11. The highest BCUT2D eigenvalue weighted by Crippen LogP contribution is 2.37. The molecule has 0 saturated carbocycles. The predicted molar refractivity (Wildman–Crippen MR) is 78.7 cm³/mol. The summed E-state index contributed by atoms with van der Waals surface area (Å²) in [6.45, 7) is 5.08. The third kappa shape index (κ3) is 3.09. The van der Waals surface area contributed by atoms with E-state index in [0.717, 1.165) is 44.0 Å². The molecule has 7 heteroatoms. The second-order valence-corrected chi connectivity index (χ2v) is 5.88. The van der Waals surface area contributed by atoms with Gasteiger partial charge in [-0.3, -0.25) is 4.90 Å². The number of nitrogens with zero attached hydrogens (tertiary/aromatic N) is 3. The van der Waals surface area contributed by atoms with E-state index in [1.165, 1.54) is 16.5 Å². The van der Waals surface area contributed by atoms with Crippen molar-refractivity contribution >= 4 is 34.1 Å². The van der Waals surface area contributed by atoms with Crippen LogP contribution >= 0.6 is 23.3 Å². The van der Waals surface area contributed by atoms with Gasteiger partial charge in [-0.2, -0.15) is 4.37 Å². The summed E-state index contributed by atoms with van der Waals surface area (Å²) < 4.78 is 4.25. The van der Waals surface area contributed by atoms with Gasteiger partial charge in [0.15, 0.2) is 5.82 Å². The summed E-state index contributed by atoms with van der Waals surface area (Å²) in [5.74, 6) is 0.652. The maximum absolute atomic E-state index is 9.00. The summed E-state index contributed by atoms with van der Waals surface area (Å²) in [4.78, 5) is 5.79. The fourth-order valence-electron chi connectivity index (χ4n) is 2.22. The maximum Gasteiger partial charge on any atom is 0.153 e. The molecule has 0 spiro atoms. The van der Waals surface area contributed by atoms with Gasteiger partial charge in [-0.15, -0.1) is 11.8 Å². The van der Waals surface area contributed by atoms with Gasteiger partial charge >= 0.3 is 0 Å². The summed E-state index contributed by atoms with van der Waals surface area (Å²) in [6.07, 6.45) is 3.16. The van der Waals surface area contributed by atoms with Crippen LogP contribution in [0.2, 0.25) is 0 Å². The summed E-state index contributed by atoms with van der Waals surface area (Å²) in [7, 11) is 0. The summed E-state index contributed by atoms with van der Waals surface area (Å²) in [6, 6.07) is 0. The van der Waals surface area contributed by atoms with Crippen LogP contribution in [0.1, 0.15) is 6.42 Å². The molecular formula is C11H20N4OS2. The number of β-amino-alcohol motifs (C(OH)–C–C–N with tert-alkyl or cyclic N) is 1. The number of rotatable bonds is 4. The largest absolute Gasteiger partial charge is 0.395 e. The Morgan fingerprint density at radius 2 is 2.22 bits per heavy atom. The molecule has 3 N–H and O–H groups in total. The van der Waals surface area contributed by atoms with Crippen molar-refractivity contribution in [3.8, 4) is 0 Å². The molecule has 0 atom stereocenters. The number of hydrogen-bond donors (Lipinski definition) is 2. The van der Waals surface area contributed by atoms with Crippen LogP contribution in [0.25, 0.3) is 0 Å². The number of aromatic nitrogens is 1. The minimum atomic E-state index is 0.240. The lowest BCUT2D eigenvalue weighted by atomic mass is 10.4. The number of thioether (sulfide) groups is 1. The van der Waals surface area contributed by atoms with Gasteiger partial charge in [0.05, 0.1) is 11.5 Å². The first kappa shape index (κ1) is 13.9. The molecule has 102 valence electrons. The zero-order valence-electron chi connectivity index (χ0n) is 10.6. The second-order valence-electron chi connectivity index (χ2n) is 4.31. The molecule has 18 heavy (non-hydrogen) atoms. The topological polar surface area (TPSA) is 65.6 Å². The van der Waals surface area contributed by atoms with Crippen LogP contribution in [0, 0.1) is 0 Å². The quantitative estimate of drug-likeness (QED) is 0.804. The normalized spacial score (nSPS) is 18.0. The van der Waals surface area contributed by atoms with E-state index in [-0.39, 0.29) is 6.61 Å². The number of hydrogen-bond acceptors (Lipinski definition) is 7. The Labute approximate surface area is 116 Å². The van der Waals surface area contributed by atoms with Crippen molar-refractivity contribution in [2.75, 3.05) is 56.2 Å². The maximum atomic E-state index is 9.00. The van der Waals surface area contributed by atoms with Crippen molar-refractivity contribution in [2.45, 2.75) is 11.3 Å². The Bertz CT molecular complexity index is 385. The average Bonchev–Trinajstić information content (AvgIpc) is 2.59. The van der Waals surface area contributed by atoms with E-state index in [1.807, 2.05) is 6.26 Å². The van der Waals surface area contributed by atoms with Gasteiger partial charge in [0.2, 0.25) is 0 Å². The lowest BCUT2D eigenvalue weighted by Crippen LogP contribution is -2.32. The van der Waals surface area contributed by atoms with Crippen molar-refractivity contribution in [3.05, 3.63) is 0 Å². The average molecular weight is 288 g/mol. The van der Waals surface area contributed by atoms with E-state index >= 15 is 0 Å². The first-order valence-electron chi connectivity index (χ1n) is 6.13. The number of aliphatic hydroxyl groups excluding tert-OH is 1. The molecule has 0 unspecified atom stereocenters. The fraction of sp³-hybridized carbons (Fsp3) is 0.727. The van der Waals surface area contributed by atoms with Crippen LogP contribution in [-0.4, -0.2) is 60.0 Å². The monoisotopic (exact) mass is 288 g/mol. The van der Waals surface area contributed by atoms with Crippen molar-refractivity contribution in [1.82, 2.24) is 9.27 Å². The van der Waals surface area contributed by atoms with Crippen LogP contribution in [0.3, 0.4) is 0 Å². The molecular weight excluding hydrogens is 268 g/mol. The van der Waals surface area contributed by atoms with E-state index in [1.54, 1.807) is 11.8 Å². The summed E-state index contributed by atoms with van der Waals surface area (Å²) >= 11 is 3.16. The Hall–Kier alpha value is -0.500. The minimum absolute atomic E-state index is 0.240. The first-order valence-corrected chi connectivity index (χ1v) is 8.13. The van der Waals surface area contributed by atoms with Crippen LogP contribution in [0.4, 0.5) is 10.8 Å². The molecule has 1 saturated heterocycles. The van der Waals surface area contributed by atoms with Gasteiger partial charge in [-0.1, -0.05) is 0 Å². The molecule has 1 fully saturated rings. The second kappa shape index (κ2) is 6.60. The molecule has 0 aliphatic carbocycles. The molecule has 0 aromatic carbocycles. The molecule has 2 heterocycles. The van der Waals surface area contributed by atoms with Crippen LogP contribution < -0.4 is 10.6 Å². The molecule has 0 amide bonds. The molecule has 1 aliphatic heterocycles. The van der Waals surface area contributed by atoms with E-state index in [0.29, 0.717) is 5.82 Å². The highest BCUT2D eigenvalue weighted by Gasteiger charge is 2.20. The first-order chi connectivity index (χ1) is 8.76. The number of aliphatic hydroxyl groups is 1. The van der Waals surface area contributed by atoms with E-state index < -0.39 is 0 Å². The van der Waals surface area contributed by atoms with Crippen molar-refractivity contribution in [3.63, 3.8) is 0 Å². The smallest absolute Gasteiger partial charge is 0.153 e. The van der Waals surface area contributed by atoms with Gasteiger partial charge in [0.1, 0.15) is 5.00 Å². The molecule has 1 aromatic heterocycles. The highest BCUT2D eigenvalue weighted by molar-refractivity contribution is 7.99. The van der Waals surface area contributed by atoms with Gasteiger partial charge in [0, 0.05) is 26.2 Å². The van der Waals surface area contributed by atoms with Gasteiger partial charge in [0.25, 0.3) is 0 Å².